The van der Waals surface area contributed by atoms with Gasteiger partial charge in [0.1, 0.15) is 23.5 Å². The average molecular weight is 657 g/mol. The van der Waals surface area contributed by atoms with Crippen molar-refractivity contribution in [3.63, 3.8) is 0 Å². The molecule has 4 aromatic rings. The van der Waals surface area contributed by atoms with E-state index in [4.69, 9.17) is 36.1 Å². The van der Waals surface area contributed by atoms with Gasteiger partial charge in [-0.1, -0.05) is 11.6 Å². The maximum atomic E-state index is 12.5. The van der Waals surface area contributed by atoms with Crippen LogP contribution in [-0.2, 0) is 23.3 Å². The number of piperidine rings is 1. The molecule has 3 aromatic heterocycles. The van der Waals surface area contributed by atoms with Crippen LogP contribution >= 0.6 is 21.6 Å². The van der Waals surface area contributed by atoms with E-state index < -0.39 is 15.6 Å². The Morgan fingerprint density at radius 2 is 1.82 bits per heavy atom. The number of carbonyl (C=O) groups is 1. The summed E-state index contributed by atoms with van der Waals surface area (Å²) in [5.41, 5.74) is 3.97. The van der Waals surface area contributed by atoms with Gasteiger partial charge in [0.05, 0.1) is 22.8 Å². The first-order valence-corrected chi connectivity index (χ1v) is 19.0. The minimum atomic E-state index is -0.686. The molecule has 2 saturated heterocycles. The number of hydrogen-bond acceptors (Lipinski definition) is 8. The molecule has 11 nitrogen and oxygen atoms in total. The molecule has 244 valence electrons. The van der Waals surface area contributed by atoms with Crippen LogP contribution in [0.1, 0.15) is 52.1 Å². The monoisotopic (exact) mass is 656 g/mol. The summed E-state index contributed by atoms with van der Waals surface area (Å²) < 4.78 is 15.3. The topological polar surface area (TPSA) is 112 Å². The van der Waals surface area contributed by atoms with Crippen molar-refractivity contribution < 1.29 is 14.3 Å². The molecule has 3 atom stereocenters. The lowest BCUT2D eigenvalue weighted by atomic mass is 9.97. The van der Waals surface area contributed by atoms with Crippen LogP contribution in [0, 0.1) is 6.92 Å². The number of ether oxygens (including phenoxy) is 2. The average Bonchev–Trinajstić information content (AvgIpc) is 3.55. The van der Waals surface area contributed by atoms with Gasteiger partial charge in [0.25, 0.3) is 0 Å². The predicted octanol–water partition coefficient (Wildman–Crippen LogP) is 6.03. The molecule has 0 unspecified atom stereocenters. The summed E-state index contributed by atoms with van der Waals surface area (Å²) in [7, 11) is 1.20. The Hall–Kier alpha value is -3.09. The number of benzene rings is 1. The largest absolute Gasteiger partial charge is 0.444 e. The third-order valence-corrected chi connectivity index (χ3v) is 10.3. The van der Waals surface area contributed by atoms with Crippen molar-refractivity contribution in [2.75, 3.05) is 36.0 Å². The van der Waals surface area contributed by atoms with Gasteiger partial charge in [0.15, 0.2) is 11.5 Å². The third kappa shape index (κ3) is 6.73. The first kappa shape index (κ1) is 31.9. The zero-order valence-electron chi connectivity index (χ0n) is 27.6. The number of fused-ring (bicyclic) bond motifs is 4. The Morgan fingerprint density at radius 1 is 1.11 bits per heavy atom. The maximum Gasteiger partial charge on any atom is 0.407 e. The molecule has 1 amide bonds. The Labute approximate surface area is 271 Å². The summed E-state index contributed by atoms with van der Waals surface area (Å²) in [6.45, 7) is 8.58. The molecule has 2 fully saturated rings. The smallest absolute Gasteiger partial charge is 0.407 e. The van der Waals surface area contributed by atoms with Crippen molar-refractivity contribution in [3.8, 4) is 11.3 Å². The second-order valence-corrected chi connectivity index (χ2v) is 19.2. The van der Waals surface area contributed by atoms with Gasteiger partial charge in [0.2, 0.25) is 0 Å². The first-order chi connectivity index (χ1) is 21.2. The highest BCUT2D eigenvalue weighted by Crippen LogP contribution is 2.42. The standard InChI is InChI=1S/C32H45ClN8O3S/c1-19-29(41-21-9-10-22(41)16-20(15-21)35-31(42)44-32(2,3)4)36-30-28(34-19)27(38-40(30)18-43-13-14-45(6,7)8)23-11-12-25-24(26(23)33)17-39(5)37-25/h11-12,17,20-22H,9-10,13-16,18H2,1-8H3,(H,35,42)/t20-,21+,22-. The molecular formula is C32H45ClN8O3S. The van der Waals surface area contributed by atoms with E-state index in [9.17, 15) is 4.79 Å². The first-order valence-electron chi connectivity index (χ1n) is 15.6. The third-order valence-electron chi connectivity index (χ3n) is 8.46. The van der Waals surface area contributed by atoms with Gasteiger partial charge in [-0.25, -0.2) is 29.5 Å². The zero-order chi connectivity index (χ0) is 32.3. The highest BCUT2D eigenvalue weighted by Gasteiger charge is 2.43. The van der Waals surface area contributed by atoms with Crippen molar-refractivity contribution in [1.29, 1.82) is 0 Å². The fourth-order valence-electron chi connectivity index (χ4n) is 6.51. The number of nitrogens with one attached hydrogen (secondary N) is 1. The molecule has 13 heteroatoms. The minimum absolute atomic E-state index is 0.0607. The lowest BCUT2D eigenvalue weighted by molar-refractivity contribution is 0.0492. The minimum Gasteiger partial charge on any atom is -0.444 e. The van der Waals surface area contributed by atoms with Crippen LogP contribution in [0.2, 0.25) is 5.02 Å². The molecule has 0 saturated carbocycles. The molecule has 1 N–H and O–H groups in total. The van der Waals surface area contributed by atoms with Gasteiger partial charge < -0.3 is 19.7 Å². The van der Waals surface area contributed by atoms with Gasteiger partial charge in [-0.15, -0.1) is 0 Å². The molecule has 45 heavy (non-hydrogen) atoms. The quantitative estimate of drug-likeness (QED) is 0.229. The van der Waals surface area contributed by atoms with Gasteiger partial charge in [-0.05, 0) is 84.3 Å². The van der Waals surface area contributed by atoms with E-state index >= 15 is 0 Å². The number of aromatic nitrogens is 6. The van der Waals surface area contributed by atoms with Crippen LogP contribution in [0.3, 0.4) is 0 Å². The van der Waals surface area contributed by atoms with Gasteiger partial charge >= 0.3 is 6.09 Å². The molecule has 0 radical (unpaired) electrons. The fraction of sp³-hybridized carbons (Fsp3) is 0.594. The number of alkyl carbamates (subject to hydrolysis) is 1. The van der Waals surface area contributed by atoms with E-state index in [0.717, 1.165) is 59.4 Å². The zero-order valence-corrected chi connectivity index (χ0v) is 29.1. The van der Waals surface area contributed by atoms with Gasteiger partial charge in [-0.3, -0.25) is 4.68 Å². The lowest BCUT2D eigenvalue weighted by Gasteiger charge is -2.40. The molecule has 6 rings (SSSR count). The number of halogens is 1. The number of aryl methyl sites for hydroxylation is 2. The highest BCUT2D eigenvalue weighted by atomic mass is 35.5. The van der Waals surface area contributed by atoms with Gasteiger partial charge in [-0.2, -0.15) is 10.2 Å². The Bertz CT molecular complexity index is 1730. The number of rotatable bonds is 8. The number of nitrogens with zero attached hydrogens (tertiary/aromatic N) is 7. The van der Waals surface area contributed by atoms with Crippen molar-refractivity contribution in [1.82, 2.24) is 34.8 Å². The summed E-state index contributed by atoms with van der Waals surface area (Å²) in [5, 5.41) is 14.1. The maximum absolute atomic E-state index is 12.5. The molecule has 0 aliphatic carbocycles. The summed E-state index contributed by atoms with van der Waals surface area (Å²) in [6, 6.07) is 4.48. The van der Waals surface area contributed by atoms with Crippen LogP contribution in [-0.4, -0.2) is 90.5 Å². The number of anilines is 1. The summed E-state index contributed by atoms with van der Waals surface area (Å²) in [4.78, 5) is 25.3. The van der Waals surface area contributed by atoms with Crippen LogP contribution in [0.25, 0.3) is 33.3 Å². The molecule has 2 bridgehead atoms. The molecule has 1 aromatic carbocycles. The van der Waals surface area contributed by atoms with Crippen molar-refractivity contribution in [2.24, 2.45) is 7.05 Å². The summed E-state index contributed by atoms with van der Waals surface area (Å²) in [6.07, 6.45) is 12.2. The number of amides is 1. The van der Waals surface area contributed by atoms with Crippen molar-refractivity contribution in [2.45, 2.75) is 83.8 Å². The second kappa shape index (κ2) is 11.9. The Morgan fingerprint density at radius 3 is 2.49 bits per heavy atom. The lowest BCUT2D eigenvalue weighted by Crippen LogP contribution is -2.51. The van der Waals surface area contributed by atoms with Crippen LogP contribution in [0.15, 0.2) is 18.3 Å². The van der Waals surface area contributed by atoms with Crippen LogP contribution in [0.5, 0.6) is 0 Å². The second-order valence-electron chi connectivity index (χ2n) is 14.3. The van der Waals surface area contributed by atoms with Crippen molar-refractivity contribution >= 4 is 55.6 Å². The number of carbonyl (C=O) groups excluding carboxylic acids is 1. The van der Waals surface area contributed by atoms with Crippen LogP contribution in [0.4, 0.5) is 10.6 Å². The van der Waals surface area contributed by atoms with E-state index in [1.165, 1.54) is 0 Å². The molecule has 2 aliphatic rings. The number of hydrogen-bond donors (Lipinski definition) is 1. The summed E-state index contributed by atoms with van der Waals surface area (Å²) in [5.74, 6) is 1.88. The van der Waals surface area contributed by atoms with Crippen molar-refractivity contribution in [3.05, 3.63) is 29.0 Å². The van der Waals surface area contributed by atoms with Crippen LogP contribution < -0.4 is 10.2 Å². The highest BCUT2D eigenvalue weighted by molar-refractivity contribution is 8.32. The molecular weight excluding hydrogens is 612 g/mol. The van der Waals surface area contributed by atoms with E-state index in [0.29, 0.717) is 28.5 Å². The Balaban J connectivity index is 1.34. The Kier molecular flexibility index (Phi) is 8.45. The summed E-state index contributed by atoms with van der Waals surface area (Å²) >= 11 is 6.97. The van der Waals surface area contributed by atoms with E-state index in [1.54, 1.807) is 4.68 Å². The molecule has 0 spiro atoms. The predicted molar refractivity (Wildman–Crippen MR) is 183 cm³/mol. The fourth-order valence-corrected chi connectivity index (χ4v) is 7.42. The van der Waals surface area contributed by atoms with Gasteiger partial charge in [0, 0.05) is 48.1 Å². The molecule has 5 heterocycles. The SMILES string of the molecule is Cc1nc2c(-c3ccc4nn(C)cc4c3Cl)nn(COCCS(C)(C)C)c2nc1N1[C@@H]2CC[C@H]1C[C@@H](NC(=O)OC(C)(C)C)C2. The van der Waals surface area contributed by atoms with E-state index in [2.05, 4.69) is 34.1 Å². The van der Waals surface area contributed by atoms with E-state index in [-0.39, 0.29) is 30.9 Å². The molecule has 2 aliphatic heterocycles. The van der Waals surface area contributed by atoms with E-state index in [1.807, 2.05) is 57.8 Å². The normalized spacial score (nSPS) is 20.7.